The van der Waals surface area contributed by atoms with Gasteiger partial charge in [-0.25, -0.2) is 4.39 Å². The minimum atomic E-state index is -0.539. The van der Waals surface area contributed by atoms with Gasteiger partial charge in [-0.15, -0.1) is 0 Å². The van der Waals surface area contributed by atoms with Crippen molar-refractivity contribution in [2.45, 2.75) is 25.1 Å². The Balaban J connectivity index is 2.09. The fourth-order valence-electron chi connectivity index (χ4n) is 2.31. The van der Waals surface area contributed by atoms with Crippen molar-refractivity contribution in [2.24, 2.45) is 0 Å². The highest BCUT2D eigenvalue weighted by Gasteiger charge is 2.36. The molecule has 1 fully saturated rings. The van der Waals surface area contributed by atoms with Crippen molar-refractivity contribution < 1.29 is 19.0 Å². The third kappa shape index (κ3) is 2.86. The monoisotopic (exact) mass is 253 g/mol. The van der Waals surface area contributed by atoms with Crippen LogP contribution in [0.1, 0.15) is 12.0 Å². The number of likely N-dealkylation sites (tertiary alicyclic amines) is 1. The number of methoxy groups -OCH3 is 1. The Morgan fingerprint density at radius 3 is 3.06 bits per heavy atom. The first-order valence-corrected chi connectivity index (χ1v) is 5.84. The highest BCUT2D eigenvalue weighted by molar-refractivity contribution is 5.76. The second-order valence-corrected chi connectivity index (χ2v) is 4.49. The standard InChI is InChI=1S/C13H16FNO3/c1-18-13(17)12-6-11(16)8-15(12)7-9-3-2-4-10(14)5-9/h2-5,11-12,16H,6-8H2,1H3. The summed E-state index contributed by atoms with van der Waals surface area (Å²) in [6.07, 6.45) is -0.176. The molecular formula is C13H16FNO3. The predicted octanol–water partition coefficient (Wildman–Crippen LogP) is 0.934. The van der Waals surface area contributed by atoms with Gasteiger partial charge in [-0.2, -0.15) is 0 Å². The Bertz CT molecular complexity index is 438. The SMILES string of the molecule is COC(=O)C1CC(O)CN1Cc1cccc(F)c1. The van der Waals surface area contributed by atoms with E-state index in [9.17, 15) is 14.3 Å². The Morgan fingerprint density at radius 1 is 1.61 bits per heavy atom. The van der Waals surface area contributed by atoms with Crippen LogP contribution >= 0.6 is 0 Å². The maximum absolute atomic E-state index is 13.1. The number of benzene rings is 1. The van der Waals surface area contributed by atoms with Gasteiger partial charge < -0.3 is 9.84 Å². The molecule has 1 aliphatic heterocycles. The third-order valence-electron chi connectivity index (χ3n) is 3.13. The van der Waals surface area contributed by atoms with E-state index < -0.39 is 12.1 Å². The second kappa shape index (κ2) is 5.46. The van der Waals surface area contributed by atoms with Crippen molar-refractivity contribution in [1.82, 2.24) is 4.90 Å². The van der Waals surface area contributed by atoms with Gasteiger partial charge in [-0.3, -0.25) is 9.69 Å². The van der Waals surface area contributed by atoms with Crippen LogP contribution in [0, 0.1) is 5.82 Å². The molecule has 1 saturated heterocycles. The van der Waals surface area contributed by atoms with E-state index in [0.717, 1.165) is 5.56 Å². The number of aliphatic hydroxyl groups is 1. The summed E-state index contributed by atoms with van der Waals surface area (Å²) in [5.74, 6) is -0.662. The maximum Gasteiger partial charge on any atom is 0.323 e. The lowest BCUT2D eigenvalue weighted by Crippen LogP contribution is -2.36. The van der Waals surface area contributed by atoms with Crippen LogP contribution in [-0.4, -0.2) is 41.8 Å². The first-order chi connectivity index (χ1) is 8.60. The molecule has 0 aliphatic carbocycles. The summed E-state index contributed by atoms with van der Waals surface area (Å²) in [7, 11) is 1.33. The van der Waals surface area contributed by atoms with Gasteiger partial charge in [0.2, 0.25) is 0 Å². The Labute approximate surface area is 105 Å². The van der Waals surface area contributed by atoms with Gasteiger partial charge in [0.05, 0.1) is 13.2 Å². The van der Waals surface area contributed by atoms with Crippen molar-refractivity contribution in [3.05, 3.63) is 35.6 Å². The molecule has 1 aromatic carbocycles. The molecule has 4 nitrogen and oxygen atoms in total. The van der Waals surface area contributed by atoms with E-state index >= 15 is 0 Å². The largest absolute Gasteiger partial charge is 0.468 e. The van der Waals surface area contributed by atoms with E-state index in [1.807, 2.05) is 4.90 Å². The smallest absolute Gasteiger partial charge is 0.323 e. The van der Waals surface area contributed by atoms with Gasteiger partial charge in [0.25, 0.3) is 0 Å². The number of rotatable bonds is 3. The van der Waals surface area contributed by atoms with Crippen LogP contribution in [0.25, 0.3) is 0 Å². The Morgan fingerprint density at radius 2 is 2.39 bits per heavy atom. The normalized spacial score (nSPS) is 24.2. The number of halogens is 1. The van der Waals surface area contributed by atoms with Crippen molar-refractivity contribution in [2.75, 3.05) is 13.7 Å². The molecule has 18 heavy (non-hydrogen) atoms. The molecule has 0 aromatic heterocycles. The predicted molar refractivity (Wildman–Crippen MR) is 63.2 cm³/mol. The minimum absolute atomic E-state index is 0.304. The summed E-state index contributed by atoms with van der Waals surface area (Å²) in [6.45, 7) is 0.824. The van der Waals surface area contributed by atoms with E-state index in [4.69, 9.17) is 4.74 Å². The van der Waals surface area contributed by atoms with Gasteiger partial charge in [-0.1, -0.05) is 12.1 Å². The molecule has 1 aromatic rings. The van der Waals surface area contributed by atoms with E-state index in [1.54, 1.807) is 12.1 Å². The average Bonchev–Trinajstić information content (AvgIpc) is 2.69. The highest BCUT2D eigenvalue weighted by atomic mass is 19.1. The second-order valence-electron chi connectivity index (χ2n) is 4.49. The average molecular weight is 253 g/mol. The summed E-state index contributed by atoms with van der Waals surface area (Å²) in [6, 6.07) is 5.78. The number of carbonyl (C=O) groups excluding carboxylic acids is 1. The summed E-state index contributed by atoms with van der Waals surface area (Å²) in [4.78, 5) is 13.4. The van der Waals surface area contributed by atoms with Crippen LogP contribution in [0.2, 0.25) is 0 Å². The van der Waals surface area contributed by atoms with Gasteiger partial charge in [-0.05, 0) is 17.7 Å². The van der Waals surface area contributed by atoms with Gasteiger partial charge >= 0.3 is 5.97 Å². The lowest BCUT2D eigenvalue weighted by molar-refractivity contribution is -0.146. The molecule has 2 rings (SSSR count). The molecule has 1 aliphatic rings. The number of β-amino-alcohol motifs (C(OH)–C–C–N with tert-alkyl or cyclic N) is 1. The van der Waals surface area contributed by atoms with E-state index in [1.165, 1.54) is 19.2 Å². The summed E-state index contributed by atoms with van der Waals surface area (Å²) < 4.78 is 17.8. The van der Waals surface area contributed by atoms with E-state index in [2.05, 4.69) is 0 Å². The number of esters is 1. The zero-order valence-corrected chi connectivity index (χ0v) is 10.2. The highest BCUT2D eigenvalue weighted by Crippen LogP contribution is 2.21. The molecule has 2 unspecified atom stereocenters. The van der Waals surface area contributed by atoms with Crippen molar-refractivity contribution in [1.29, 1.82) is 0 Å². The van der Waals surface area contributed by atoms with Crippen molar-refractivity contribution >= 4 is 5.97 Å². The fraction of sp³-hybridized carbons (Fsp3) is 0.462. The van der Waals surface area contributed by atoms with Crippen LogP contribution < -0.4 is 0 Å². The Hall–Kier alpha value is -1.46. The van der Waals surface area contributed by atoms with Crippen molar-refractivity contribution in [3.8, 4) is 0 Å². The topological polar surface area (TPSA) is 49.8 Å². The zero-order chi connectivity index (χ0) is 13.1. The maximum atomic E-state index is 13.1. The number of ether oxygens (including phenoxy) is 1. The molecule has 0 radical (unpaired) electrons. The number of hydrogen-bond donors (Lipinski definition) is 1. The summed E-state index contributed by atoms with van der Waals surface area (Å²) >= 11 is 0. The number of nitrogens with zero attached hydrogens (tertiary/aromatic N) is 1. The molecule has 1 heterocycles. The number of aliphatic hydroxyl groups excluding tert-OH is 1. The molecule has 0 amide bonds. The molecule has 5 heteroatoms. The van der Waals surface area contributed by atoms with Gasteiger partial charge in [0.1, 0.15) is 11.9 Å². The third-order valence-corrected chi connectivity index (χ3v) is 3.13. The van der Waals surface area contributed by atoms with Crippen LogP contribution in [-0.2, 0) is 16.1 Å². The first-order valence-electron chi connectivity index (χ1n) is 5.84. The van der Waals surface area contributed by atoms with E-state index in [-0.39, 0.29) is 11.8 Å². The lowest BCUT2D eigenvalue weighted by atomic mass is 10.1. The van der Waals surface area contributed by atoms with E-state index in [0.29, 0.717) is 19.5 Å². The molecule has 1 N–H and O–H groups in total. The van der Waals surface area contributed by atoms with Crippen LogP contribution in [0.4, 0.5) is 4.39 Å². The zero-order valence-electron chi connectivity index (χ0n) is 10.2. The van der Waals surface area contributed by atoms with Crippen LogP contribution in [0.5, 0.6) is 0 Å². The molecular weight excluding hydrogens is 237 g/mol. The molecule has 98 valence electrons. The number of carbonyl (C=O) groups is 1. The summed E-state index contributed by atoms with van der Waals surface area (Å²) in [5.41, 5.74) is 0.776. The number of hydrogen-bond acceptors (Lipinski definition) is 4. The quantitative estimate of drug-likeness (QED) is 0.814. The summed E-state index contributed by atoms with van der Waals surface area (Å²) in [5, 5.41) is 9.62. The first kappa shape index (κ1) is 13.0. The van der Waals surface area contributed by atoms with Gasteiger partial charge in [0, 0.05) is 19.5 Å². The fourth-order valence-corrected chi connectivity index (χ4v) is 2.31. The minimum Gasteiger partial charge on any atom is -0.468 e. The molecule has 0 spiro atoms. The Kier molecular flexibility index (Phi) is 3.93. The van der Waals surface area contributed by atoms with Crippen molar-refractivity contribution in [3.63, 3.8) is 0 Å². The van der Waals surface area contributed by atoms with Gasteiger partial charge in [0.15, 0.2) is 0 Å². The lowest BCUT2D eigenvalue weighted by Gasteiger charge is -2.21. The van der Waals surface area contributed by atoms with Crippen LogP contribution in [0.3, 0.4) is 0 Å². The molecule has 2 atom stereocenters. The molecule has 0 bridgehead atoms. The van der Waals surface area contributed by atoms with Crippen LogP contribution in [0.15, 0.2) is 24.3 Å². The molecule has 0 saturated carbocycles.